The summed E-state index contributed by atoms with van der Waals surface area (Å²) < 4.78 is 16.2. The highest BCUT2D eigenvalue weighted by Crippen LogP contribution is 2.39. The van der Waals surface area contributed by atoms with E-state index in [2.05, 4.69) is 12.2 Å². The molecule has 112 valence electrons. The third-order valence-corrected chi connectivity index (χ3v) is 3.81. The van der Waals surface area contributed by atoms with Crippen molar-refractivity contribution in [1.82, 2.24) is 5.32 Å². The Labute approximate surface area is 121 Å². The first kappa shape index (κ1) is 15.0. The molecule has 0 bridgehead atoms. The van der Waals surface area contributed by atoms with Crippen LogP contribution in [0.3, 0.4) is 0 Å². The summed E-state index contributed by atoms with van der Waals surface area (Å²) >= 11 is 0. The van der Waals surface area contributed by atoms with Gasteiger partial charge in [0.25, 0.3) is 0 Å². The third-order valence-electron chi connectivity index (χ3n) is 3.81. The van der Waals surface area contributed by atoms with Crippen molar-refractivity contribution in [2.75, 3.05) is 21.3 Å². The second-order valence-corrected chi connectivity index (χ2v) is 5.45. The number of ether oxygens (including phenoxy) is 3. The average Bonchev–Trinajstić information content (AvgIpc) is 3.27. The highest BCUT2D eigenvalue weighted by Gasteiger charge is 2.23. The Morgan fingerprint density at radius 2 is 1.80 bits per heavy atom. The van der Waals surface area contributed by atoms with Gasteiger partial charge in [-0.25, -0.2) is 0 Å². The molecule has 1 aromatic carbocycles. The lowest BCUT2D eigenvalue weighted by atomic mass is 10.1. The van der Waals surface area contributed by atoms with E-state index in [1.54, 1.807) is 21.3 Å². The second-order valence-electron chi connectivity index (χ2n) is 5.45. The molecule has 0 amide bonds. The van der Waals surface area contributed by atoms with Crippen molar-refractivity contribution in [3.8, 4) is 17.2 Å². The summed E-state index contributed by atoms with van der Waals surface area (Å²) in [6.45, 7) is 3.02. The van der Waals surface area contributed by atoms with Crippen LogP contribution in [0.1, 0.15) is 31.7 Å². The van der Waals surface area contributed by atoms with Gasteiger partial charge in [0, 0.05) is 18.2 Å². The zero-order valence-corrected chi connectivity index (χ0v) is 12.9. The van der Waals surface area contributed by atoms with Gasteiger partial charge in [-0.3, -0.25) is 0 Å². The molecule has 0 aliphatic heterocycles. The predicted molar refractivity (Wildman–Crippen MR) is 79.7 cm³/mol. The van der Waals surface area contributed by atoms with Gasteiger partial charge >= 0.3 is 0 Å². The van der Waals surface area contributed by atoms with Gasteiger partial charge in [0.05, 0.1) is 21.3 Å². The van der Waals surface area contributed by atoms with Gasteiger partial charge < -0.3 is 19.5 Å². The lowest BCUT2D eigenvalue weighted by Crippen LogP contribution is -2.26. The van der Waals surface area contributed by atoms with Crippen molar-refractivity contribution in [3.05, 3.63) is 17.7 Å². The minimum absolute atomic E-state index is 0.528. The maximum absolute atomic E-state index is 5.49. The zero-order valence-electron chi connectivity index (χ0n) is 12.9. The van der Waals surface area contributed by atoms with Crippen molar-refractivity contribution in [3.63, 3.8) is 0 Å². The molecule has 1 aliphatic carbocycles. The van der Waals surface area contributed by atoms with Gasteiger partial charge in [-0.15, -0.1) is 0 Å². The molecule has 4 heteroatoms. The van der Waals surface area contributed by atoms with Gasteiger partial charge in [-0.05, 0) is 25.3 Å². The Bertz CT molecular complexity index is 444. The van der Waals surface area contributed by atoms with Crippen LogP contribution >= 0.6 is 0 Å². The molecular formula is C16H25NO3. The largest absolute Gasteiger partial charge is 0.493 e. The monoisotopic (exact) mass is 279 g/mol. The molecular weight excluding hydrogens is 254 g/mol. The van der Waals surface area contributed by atoms with E-state index in [4.69, 9.17) is 14.2 Å². The Morgan fingerprint density at radius 3 is 2.35 bits per heavy atom. The van der Waals surface area contributed by atoms with Crippen LogP contribution in [0.5, 0.6) is 17.2 Å². The predicted octanol–water partition coefficient (Wildman–Crippen LogP) is 2.99. The Hall–Kier alpha value is -1.42. The van der Waals surface area contributed by atoms with Crippen LogP contribution in [0.4, 0.5) is 0 Å². The minimum Gasteiger partial charge on any atom is -0.493 e. The SMILES string of the molecule is COc1ccc(CNC(C)CC2CC2)c(OC)c1OC. The van der Waals surface area contributed by atoms with E-state index in [0.29, 0.717) is 17.5 Å². The molecule has 0 saturated heterocycles. The first-order valence-corrected chi connectivity index (χ1v) is 7.20. The van der Waals surface area contributed by atoms with E-state index in [1.807, 2.05) is 12.1 Å². The molecule has 1 saturated carbocycles. The number of hydrogen-bond donors (Lipinski definition) is 1. The molecule has 1 atom stereocenters. The zero-order chi connectivity index (χ0) is 14.5. The Kier molecular flexibility index (Phi) is 5.12. The smallest absolute Gasteiger partial charge is 0.203 e. The first-order chi connectivity index (χ1) is 9.69. The minimum atomic E-state index is 0.528. The number of rotatable bonds is 8. The van der Waals surface area contributed by atoms with Crippen LogP contribution in [0.15, 0.2) is 12.1 Å². The standard InChI is InChI=1S/C16H25NO3/c1-11(9-12-5-6-12)17-10-13-7-8-14(18-2)16(20-4)15(13)19-3/h7-8,11-12,17H,5-6,9-10H2,1-4H3. The average molecular weight is 279 g/mol. The Morgan fingerprint density at radius 1 is 1.10 bits per heavy atom. The van der Waals surface area contributed by atoms with Crippen LogP contribution < -0.4 is 19.5 Å². The van der Waals surface area contributed by atoms with Crippen molar-refractivity contribution in [2.45, 2.75) is 38.8 Å². The van der Waals surface area contributed by atoms with Crippen LogP contribution in [-0.2, 0) is 6.54 Å². The Balaban J connectivity index is 2.05. The molecule has 0 spiro atoms. The fourth-order valence-electron chi connectivity index (χ4n) is 2.52. The summed E-state index contributed by atoms with van der Waals surface area (Å²) in [5.41, 5.74) is 1.09. The number of hydrogen-bond acceptors (Lipinski definition) is 4. The van der Waals surface area contributed by atoms with Gasteiger partial charge in [0.1, 0.15) is 0 Å². The van der Waals surface area contributed by atoms with E-state index in [-0.39, 0.29) is 0 Å². The topological polar surface area (TPSA) is 39.7 Å². The molecule has 1 N–H and O–H groups in total. The maximum Gasteiger partial charge on any atom is 0.203 e. The summed E-state index contributed by atoms with van der Waals surface area (Å²) in [6.07, 6.45) is 4.05. The summed E-state index contributed by atoms with van der Waals surface area (Å²) in [5, 5.41) is 3.56. The van der Waals surface area contributed by atoms with Crippen molar-refractivity contribution in [1.29, 1.82) is 0 Å². The molecule has 1 aromatic rings. The lowest BCUT2D eigenvalue weighted by Gasteiger charge is -2.18. The van der Waals surface area contributed by atoms with Gasteiger partial charge in [0.2, 0.25) is 5.75 Å². The molecule has 0 heterocycles. The number of nitrogens with one attached hydrogen (secondary N) is 1. The lowest BCUT2D eigenvalue weighted by molar-refractivity contribution is 0.321. The molecule has 1 fully saturated rings. The van der Waals surface area contributed by atoms with E-state index < -0.39 is 0 Å². The van der Waals surface area contributed by atoms with Crippen LogP contribution in [0.2, 0.25) is 0 Å². The molecule has 1 unspecified atom stereocenters. The normalized spacial score (nSPS) is 15.8. The molecule has 20 heavy (non-hydrogen) atoms. The van der Waals surface area contributed by atoms with E-state index in [9.17, 15) is 0 Å². The van der Waals surface area contributed by atoms with Crippen molar-refractivity contribution < 1.29 is 14.2 Å². The molecule has 4 nitrogen and oxygen atoms in total. The van der Waals surface area contributed by atoms with Crippen molar-refractivity contribution >= 4 is 0 Å². The summed E-state index contributed by atoms with van der Waals surface area (Å²) in [4.78, 5) is 0. The highest BCUT2D eigenvalue weighted by molar-refractivity contribution is 5.55. The van der Waals surface area contributed by atoms with Crippen LogP contribution in [0, 0.1) is 5.92 Å². The van der Waals surface area contributed by atoms with Crippen LogP contribution in [-0.4, -0.2) is 27.4 Å². The first-order valence-electron chi connectivity index (χ1n) is 7.20. The van der Waals surface area contributed by atoms with E-state index >= 15 is 0 Å². The molecule has 1 aliphatic rings. The fourth-order valence-corrected chi connectivity index (χ4v) is 2.52. The number of methoxy groups -OCH3 is 3. The quantitative estimate of drug-likeness (QED) is 0.794. The van der Waals surface area contributed by atoms with Gasteiger partial charge in [-0.1, -0.05) is 18.9 Å². The summed E-state index contributed by atoms with van der Waals surface area (Å²) in [7, 11) is 4.93. The van der Waals surface area contributed by atoms with Gasteiger partial charge in [-0.2, -0.15) is 0 Å². The molecule has 0 aromatic heterocycles. The summed E-state index contributed by atoms with van der Waals surface area (Å²) in [6, 6.07) is 4.47. The number of benzene rings is 1. The maximum atomic E-state index is 5.49. The molecule has 2 rings (SSSR count). The fraction of sp³-hybridized carbons (Fsp3) is 0.625. The van der Waals surface area contributed by atoms with Crippen LogP contribution in [0.25, 0.3) is 0 Å². The van der Waals surface area contributed by atoms with Gasteiger partial charge in [0.15, 0.2) is 11.5 Å². The van der Waals surface area contributed by atoms with E-state index in [1.165, 1.54) is 19.3 Å². The second kappa shape index (κ2) is 6.84. The summed E-state index contributed by atoms with van der Waals surface area (Å²) in [5.74, 6) is 3.03. The third kappa shape index (κ3) is 3.57. The highest BCUT2D eigenvalue weighted by atomic mass is 16.5. The van der Waals surface area contributed by atoms with Crippen molar-refractivity contribution in [2.24, 2.45) is 5.92 Å². The molecule has 0 radical (unpaired) electrons. The van der Waals surface area contributed by atoms with E-state index in [0.717, 1.165) is 23.8 Å².